The lowest BCUT2D eigenvalue weighted by atomic mass is 9.81. The van der Waals surface area contributed by atoms with Gasteiger partial charge in [-0.1, -0.05) is 32.0 Å². The van der Waals surface area contributed by atoms with Gasteiger partial charge in [0.25, 0.3) is 0 Å². The van der Waals surface area contributed by atoms with Crippen LogP contribution in [0.2, 0.25) is 0 Å². The van der Waals surface area contributed by atoms with Crippen molar-refractivity contribution in [3.63, 3.8) is 0 Å². The number of anilines is 2. The highest BCUT2D eigenvalue weighted by molar-refractivity contribution is 5.88. The Morgan fingerprint density at radius 1 is 0.978 bits per heavy atom. The van der Waals surface area contributed by atoms with E-state index in [9.17, 15) is 13.6 Å². The monoisotopic (exact) mass is 634 g/mol. The molecule has 0 radical (unpaired) electrons. The number of aryl methyl sites for hydroxylation is 2. The van der Waals surface area contributed by atoms with Gasteiger partial charge in [-0.15, -0.1) is 0 Å². The molecule has 2 aliphatic heterocycles. The van der Waals surface area contributed by atoms with Crippen molar-refractivity contribution in [1.29, 1.82) is 0 Å². The minimum atomic E-state index is -0.957. The molecule has 2 aliphatic rings. The lowest BCUT2D eigenvalue weighted by molar-refractivity contribution is -0.171. The molecule has 0 spiro atoms. The van der Waals surface area contributed by atoms with E-state index < -0.39 is 29.4 Å². The van der Waals surface area contributed by atoms with E-state index in [2.05, 4.69) is 41.9 Å². The molecular formula is C37H48F2N4O3. The fourth-order valence-corrected chi connectivity index (χ4v) is 6.60. The van der Waals surface area contributed by atoms with Crippen molar-refractivity contribution in [3.05, 3.63) is 70.3 Å². The van der Waals surface area contributed by atoms with Crippen LogP contribution >= 0.6 is 0 Å². The number of fused-ring (bicyclic) bond motifs is 1. The zero-order chi connectivity index (χ0) is 33.6. The number of carbonyl (C=O) groups excluding carboxylic acids is 1. The van der Waals surface area contributed by atoms with Crippen molar-refractivity contribution < 1.29 is 23.0 Å². The summed E-state index contributed by atoms with van der Waals surface area (Å²) in [5, 5.41) is 0. The van der Waals surface area contributed by atoms with Crippen LogP contribution in [0, 0.1) is 31.0 Å². The highest BCUT2D eigenvalue weighted by Crippen LogP contribution is 2.45. The number of piperidine rings is 1. The van der Waals surface area contributed by atoms with Gasteiger partial charge in [0.05, 0.1) is 29.3 Å². The number of benzene rings is 1. The Hall–Kier alpha value is -3.59. The van der Waals surface area contributed by atoms with E-state index in [4.69, 9.17) is 14.5 Å². The molecule has 5 rings (SSSR count). The van der Waals surface area contributed by atoms with Crippen LogP contribution in [-0.4, -0.2) is 47.3 Å². The third-order valence-electron chi connectivity index (χ3n) is 8.96. The second-order valence-electron chi connectivity index (χ2n) is 14.8. The van der Waals surface area contributed by atoms with E-state index in [1.54, 1.807) is 0 Å². The van der Waals surface area contributed by atoms with Gasteiger partial charge in [-0.3, -0.25) is 4.98 Å². The predicted molar refractivity (Wildman–Crippen MR) is 178 cm³/mol. The summed E-state index contributed by atoms with van der Waals surface area (Å²) in [6.45, 7) is 20.8. The maximum Gasteiger partial charge on any atom is 0.340 e. The van der Waals surface area contributed by atoms with Crippen molar-refractivity contribution >= 4 is 17.3 Å². The average Bonchev–Trinajstić information content (AvgIpc) is 2.96. The first-order valence-electron chi connectivity index (χ1n) is 16.4. The summed E-state index contributed by atoms with van der Waals surface area (Å²) < 4.78 is 40.8. The summed E-state index contributed by atoms with van der Waals surface area (Å²) in [6, 6.07) is 7.51. The zero-order valence-electron chi connectivity index (χ0n) is 28.8. The van der Waals surface area contributed by atoms with Crippen LogP contribution in [0.4, 0.5) is 20.2 Å². The second kappa shape index (κ2) is 12.9. The quantitative estimate of drug-likeness (QED) is 0.193. The molecule has 1 aromatic carbocycles. The SMILES string of the molecule is Cc1nc(C)c([C@H](OC(C)(C)C)C(=O)OC(C)C)c(N2CCC(C)(C)CC2)c1-c1ccc2c(c1)CCN(c1cc(F)ncc1F)C2. The molecule has 3 aromatic rings. The van der Waals surface area contributed by atoms with Gasteiger partial charge in [-0.2, -0.15) is 4.39 Å². The minimum Gasteiger partial charge on any atom is -0.461 e. The van der Waals surface area contributed by atoms with E-state index in [0.717, 1.165) is 83.1 Å². The lowest BCUT2D eigenvalue weighted by Gasteiger charge is -2.41. The molecule has 2 aromatic heterocycles. The molecular weight excluding hydrogens is 586 g/mol. The van der Waals surface area contributed by atoms with E-state index in [0.29, 0.717) is 19.5 Å². The highest BCUT2D eigenvalue weighted by Gasteiger charge is 2.38. The Morgan fingerprint density at radius 2 is 1.67 bits per heavy atom. The van der Waals surface area contributed by atoms with Crippen molar-refractivity contribution in [2.24, 2.45) is 5.41 Å². The molecule has 4 heterocycles. The van der Waals surface area contributed by atoms with Gasteiger partial charge in [-0.25, -0.2) is 14.2 Å². The number of pyridine rings is 2. The molecule has 9 heteroatoms. The molecule has 1 saturated heterocycles. The average molecular weight is 635 g/mol. The summed E-state index contributed by atoms with van der Waals surface area (Å²) in [5.41, 5.74) is 7.36. The normalized spacial score (nSPS) is 17.2. The van der Waals surface area contributed by atoms with Crippen LogP contribution in [0.15, 0.2) is 30.5 Å². The molecule has 0 amide bonds. The van der Waals surface area contributed by atoms with Gasteiger partial charge >= 0.3 is 5.97 Å². The van der Waals surface area contributed by atoms with E-state index in [1.165, 1.54) is 0 Å². The van der Waals surface area contributed by atoms with Crippen LogP contribution in [0.3, 0.4) is 0 Å². The predicted octanol–water partition coefficient (Wildman–Crippen LogP) is 8.04. The van der Waals surface area contributed by atoms with Gasteiger partial charge in [0, 0.05) is 54.8 Å². The van der Waals surface area contributed by atoms with Crippen molar-refractivity contribution in [2.75, 3.05) is 29.4 Å². The molecule has 1 fully saturated rings. The third-order valence-corrected chi connectivity index (χ3v) is 8.96. The van der Waals surface area contributed by atoms with Crippen molar-refractivity contribution in [2.45, 2.75) is 106 Å². The molecule has 1 atom stereocenters. The van der Waals surface area contributed by atoms with E-state index in [1.807, 2.05) is 53.4 Å². The van der Waals surface area contributed by atoms with Gasteiger partial charge in [0.15, 0.2) is 11.9 Å². The van der Waals surface area contributed by atoms with E-state index >= 15 is 0 Å². The third kappa shape index (κ3) is 7.35. The molecule has 248 valence electrons. The Balaban J connectivity index is 1.64. The van der Waals surface area contributed by atoms with Gasteiger partial charge in [0.2, 0.25) is 5.95 Å². The molecule has 46 heavy (non-hydrogen) atoms. The fourth-order valence-electron chi connectivity index (χ4n) is 6.60. The Labute approximate surface area is 272 Å². The zero-order valence-corrected chi connectivity index (χ0v) is 28.8. The summed E-state index contributed by atoms with van der Waals surface area (Å²) in [7, 11) is 0. The van der Waals surface area contributed by atoms with Crippen LogP contribution in [0.5, 0.6) is 0 Å². The number of nitrogens with zero attached hydrogens (tertiary/aromatic N) is 4. The van der Waals surface area contributed by atoms with Crippen LogP contribution < -0.4 is 9.80 Å². The number of hydrogen-bond acceptors (Lipinski definition) is 7. The summed E-state index contributed by atoms with van der Waals surface area (Å²) in [6.07, 6.45) is 2.38. The number of aromatic nitrogens is 2. The Kier molecular flexibility index (Phi) is 9.47. The Bertz CT molecular complexity index is 1610. The van der Waals surface area contributed by atoms with Crippen LogP contribution in [0.25, 0.3) is 11.1 Å². The van der Waals surface area contributed by atoms with Crippen molar-refractivity contribution in [1.82, 2.24) is 9.97 Å². The number of carbonyl (C=O) groups is 1. The van der Waals surface area contributed by atoms with Crippen molar-refractivity contribution in [3.8, 4) is 11.1 Å². The summed E-state index contributed by atoms with van der Waals surface area (Å²) >= 11 is 0. The molecule has 7 nitrogen and oxygen atoms in total. The molecule has 0 N–H and O–H groups in total. The number of hydrogen-bond donors (Lipinski definition) is 0. The molecule has 0 unspecified atom stereocenters. The second-order valence-corrected chi connectivity index (χ2v) is 14.8. The Morgan fingerprint density at radius 3 is 2.33 bits per heavy atom. The largest absolute Gasteiger partial charge is 0.461 e. The van der Waals surface area contributed by atoms with Gasteiger partial charge in [-0.05, 0) is 89.8 Å². The fraction of sp³-hybridized carbons (Fsp3) is 0.541. The number of ether oxygens (including phenoxy) is 2. The standard InChI is InChI=1S/C37H48F2N4O3/c1-22(2)45-35(44)34(46-36(5,6)7)32-24(4)41-23(3)31(33(32)42-16-13-37(8,9)14-17-42)26-10-11-27-21-43(15-12-25(27)18-26)29-19-30(39)40-20-28(29)38/h10-11,18-20,22,34H,12-17,21H2,1-9H3/t34-/m0/s1. The number of halogens is 2. The maximum absolute atomic E-state index is 14.6. The van der Waals surface area contributed by atoms with Crippen LogP contribution in [0.1, 0.15) is 95.5 Å². The first-order valence-corrected chi connectivity index (χ1v) is 16.4. The molecule has 0 saturated carbocycles. The summed E-state index contributed by atoms with van der Waals surface area (Å²) in [4.78, 5) is 26.5. The first-order chi connectivity index (χ1) is 21.5. The smallest absolute Gasteiger partial charge is 0.340 e. The van der Waals surface area contributed by atoms with Gasteiger partial charge in [0.1, 0.15) is 0 Å². The van der Waals surface area contributed by atoms with E-state index in [-0.39, 0.29) is 17.2 Å². The van der Waals surface area contributed by atoms with Gasteiger partial charge < -0.3 is 19.3 Å². The highest BCUT2D eigenvalue weighted by atomic mass is 19.1. The summed E-state index contributed by atoms with van der Waals surface area (Å²) in [5.74, 6) is -1.66. The topological polar surface area (TPSA) is 67.8 Å². The maximum atomic E-state index is 14.6. The lowest BCUT2D eigenvalue weighted by Crippen LogP contribution is -2.39. The minimum absolute atomic E-state index is 0.221. The number of rotatable bonds is 7. The molecule has 0 bridgehead atoms. The number of esters is 1. The van der Waals surface area contributed by atoms with Crippen LogP contribution in [-0.2, 0) is 27.2 Å². The first kappa shape index (κ1) is 33.8. The molecule has 0 aliphatic carbocycles.